The van der Waals surface area contributed by atoms with Gasteiger partial charge in [0, 0.05) is 11.1 Å². The molecule has 0 radical (unpaired) electrons. The second-order valence-electron chi connectivity index (χ2n) is 3.71. The van der Waals surface area contributed by atoms with Crippen molar-refractivity contribution in [3.63, 3.8) is 0 Å². The molecule has 2 aromatic carbocycles. The van der Waals surface area contributed by atoms with E-state index in [1.165, 1.54) is 6.07 Å². The molecule has 0 spiro atoms. The molecule has 0 amide bonds. The van der Waals surface area contributed by atoms with Crippen LogP contribution in [-0.2, 0) is 0 Å². The van der Waals surface area contributed by atoms with E-state index >= 15 is 0 Å². The summed E-state index contributed by atoms with van der Waals surface area (Å²) in [5.74, 6) is 0. The molecule has 0 fully saturated rings. The van der Waals surface area contributed by atoms with Gasteiger partial charge in [0.15, 0.2) is 0 Å². The van der Waals surface area contributed by atoms with Gasteiger partial charge in [0.25, 0.3) is 15.7 Å². The molecule has 0 aliphatic carbocycles. The second-order valence-corrected chi connectivity index (χ2v) is 4.74. The summed E-state index contributed by atoms with van der Waals surface area (Å²) in [5.41, 5.74) is -0.0637. The molecule has 0 aromatic heterocycles. The third-order valence-corrected chi connectivity index (χ3v) is 3.26. The van der Waals surface area contributed by atoms with Gasteiger partial charge >= 0.3 is 0 Å². The van der Waals surface area contributed by atoms with Crippen molar-refractivity contribution in [2.75, 3.05) is 0 Å². The first-order chi connectivity index (χ1) is 8.93. The van der Waals surface area contributed by atoms with E-state index < -0.39 is 15.7 Å². The van der Waals surface area contributed by atoms with E-state index in [2.05, 4.69) is 0 Å². The van der Waals surface area contributed by atoms with E-state index in [-0.39, 0.29) is 16.7 Å². The lowest BCUT2D eigenvalue weighted by molar-refractivity contribution is 0.105. The van der Waals surface area contributed by atoms with E-state index in [9.17, 15) is 14.4 Å². The molecule has 0 saturated heterocycles. The van der Waals surface area contributed by atoms with Gasteiger partial charge in [-0.3, -0.25) is 14.4 Å². The fourth-order valence-electron chi connectivity index (χ4n) is 1.90. The third kappa shape index (κ3) is 2.50. The van der Waals surface area contributed by atoms with Crippen LogP contribution in [-0.4, -0.2) is 15.7 Å². The molecule has 0 unspecified atom stereocenters. The lowest BCUT2D eigenvalue weighted by atomic mass is 9.96. The van der Waals surface area contributed by atoms with E-state index in [1.807, 2.05) is 0 Å². The third-order valence-electron chi connectivity index (χ3n) is 2.66. The maximum Gasteiger partial charge on any atom is 0.253 e. The Morgan fingerprint density at radius 2 is 1.26 bits per heavy atom. The predicted molar refractivity (Wildman–Crippen MR) is 74.5 cm³/mol. The number of carbonyl (C=O) groups excluding carboxylic acids is 3. The minimum atomic E-state index is -0.881. The van der Waals surface area contributed by atoms with Crippen LogP contribution in [0.25, 0.3) is 10.8 Å². The highest BCUT2D eigenvalue weighted by molar-refractivity contribution is 6.73. The van der Waals surface area contributed by atoms with Gasteiger partial charge in [-0.2, -0.15) is 0 Å². The van der Waals surface area contributed by atoms with Gasteiger partial charge in [-0.15, -0.1) is 0 Å². The molecule has 0 N–H and O–H groups in total. The van der Waals surface area contributed by atoms with Crippen molar-refractivity contribution >= 4 is 61.3 Å². The van der Waals surface area contributed by atoms with Crippen LogP contribution in [0, 0.1) is 0 Å². The van der Waals surface area contributed by atoms with Crippen LogP contribution in [0.4, 0.5) is 0 Å². The molecular formula is C13H5Cl3O3. The van der Waals surface area contributed by atoms with Crippen molar-refractivity contribution < 1.29 is 14.4 Å². The van der Waals surface area contributed by atoms with Crippen LogP contribution >= 0.6 is 34.8 Å². The van der Waals surface area contributed by atoms with E-state index in [0.717, 1.165) is 0 Å². The van der Waals surface area contributed by atoms with Crippen LogP contribution in [0.3, 0.4) is 0 Å². The van der Waals surface area contributed by atoms with Crippen molar-refractivity contribution in [3.05, 3.63) is 47.0 Å². The molecule has 0 heterocycles. The number of fused-ring (bicyclic) bond motifs is 1. The van der Waals surface area contributed by atoms with Crippen molar-refractivity contribution in [1.82, 2.24) is 0 Å². The fraction of sp³-hybridized carbons (Fsp3) is 0. The summed E-state index contributed by atoms with van der Waals surface area (Å²) in [6.07, 6.45) is 0. The molecule has 0 atom stereocenters. The standard InChI is InChI=1S/C13H5Cl3O3/c14-11(17)8-5-9(12(15)18)10(13(16)19)7-4-2-1-3-6(7)8/h1-5H. The Labute approximate surface area is 123 Å². The highest BCUT2D eigenvalue weighted by Gasteiger charge is 2.21. The van der Waals surface area contributed by atoms with Gasteiger partial charge < -0.3 is 0 Å². The molecule has 96 valence electrons. The van der Waals surface area contributed by atoms with Crippen LogP contribution in [0.1, 0.15) is 31.1 Å². The number of rotatable bonds is 3. The average Bonchev–Trinajstić information content (AvgIpc) is 2.35. The first kappa shape index (κ1) is 14.0. The van der Waals surface area contributed by atoms with Gasteiger partial charge in [-0.1, -0.05) is 24.3 Å². The molecule has 0 saturated carbocycles. The van der Waals surface area contributed by atoms with Gasteiger partial charge in [0.05, 0.1) is 5.56 Å². The summed E-state index contributed by atoms with van der Waals surface area (Å²) in [4.78, 5) is 34.3. The predicted octanol–water partition coefficient (Wildman–Crippen LogP) is 3.98. The lowest BCUT2D eigenvalue weighted by Crippen LogP contribution is -2.05. The molecule has 19 heavy (non-hydrogen) atoms. The Morgan fingerprint density at radius 3 is 1.74 bits per heavy atom. The summed E-state index contributed by atoms with van der Waals surface area (Å²) >= 11 is 16.4. The fourth-order valence-corrected chi connectivity index (χ4v) is 2.41. The monoisotopic (exact) mass is 314 g/mol. The molecule has 2 rings (SSSR count). The van der Waals surface area contributed by atoms with Gasteiger partial charge in [-0.05, 0) is 51.6 Å². The number of halogens is 3. The maximum absolute atomic E-state index is 11.5. The summed E-state index contributed by atoms with van der Waals surface area (Å²) in [6, 6.07) is 7.68. The number of hydrogen-bond acceptors (Lipinski definition) is 3. The Balaban J connectivity index is 3.03. The number of carbonyl (C=O) groups is 3. The summed E-state index contributed by atoms with van der Waals surface area (Å²) in [7, 11) is 0. The van der Waals surface area contributed by atoms with Crippen LogP contribution < -0.4 is 0 Å². The van der Waals surface area contributed by atoms with E-state index in [4.69, 9.17) is 34.8 Å². The molecule has 2 aromatic rings. The lowest BCUT2D eigenvalue weighted by Gasteiger charge is -2.10. The van der Waals surface area contributed by atoms with Gasteiger partial charge in [0.1, 0.15) is 0 Å². The highest BCUT2D eigenvalue weighted by Crippen LogP contribution is 2.29. The Morgan fingerprint density at radius 1 is 0.737 bits per heavy atom. The van der Waals surface area contributed by atoms with Crippen molar-refractivity contribution in [2.45, 2.75) is 0 Å². The van der Waals surface area contributed by atoms with Crippen LogP contribution in [0.5, 0.6) is 0 Å². The number of benzene rings is 2. The summed E-state index contributed by atoms with van der Waals surface area (Å²) in [6.45, 7) is 0. The molecular weight excluding hydrogens is 310 g/mol. The average molecular weight is 316 g/mol. The number of hydrogen-bond donors (Lipinski definition) is 0. The zero-order chi connectivity index (χ0) is 14.2. The van der Waals surface area contributed by atoms with Crippen LogP contribution in [0.15, 0.2) is 30.3 Å². The minimum Gasteiger partial charge on any atom is -0.276 e. The normalized spacial score (nSPS) is 10.5. The summed E-state index contributed by atoms with van der Waals surface area (Å²) < 4.78 is 0. The second kappa shape index (κ2) is 5.29. The van der Waals surface area contributed by atoms with E-state index in [1.54, 1.807) is 24.3 Å². The van der Waals surface area contributed by atoms with Gasteiger partial charge in [0.2, 0.25) is 0 Å². The first-order valence-electron chi connectivity index (χ1n) is 5.08. The molecule has 0 bridgehead atoms. The summed E-state index contributed by atoms with van der Waals surface area (Å²) in [5, 5.41) is -1.65. The minimum absolute atomic E-state index is 0.0288. The topological polar surface area (TPSA) is 51.2 Å². The van der Waals surface area contributed by atoms with Crippen molar-refractivity contribution in [2.24, 2.45) is 0 Å². The smallest absolute Gasteiger partial charge is 0.253 e. The van der Waals surface area contributed by atoms with Gasteiger partial charge in [-0.25, -0.2) is 0 Å². The zero-order valence-electron chi connectivity index (χ0n) is 9.25. The maximum atomic E-state index is 11.5. The molecule has 0 aliphatic rings. The quantitative estimate of drug-likeness (QED) is 0.805. The van der Waals surface area contributed by atoms with Crippen LogP contribution in [0.2, 0.25) is 0 Å². The SMILES string of the molecule is O=C(Cl)c1cc(C(=O)Cl)c2ccccc2c1C(=O)Cl. The largest absolute Gasteiger partial charge is 0.276 e. The Kier molecular flexibility index (Phi) is 3.90. The Hall–Kier alpha value is -1.42. The first-order valence-corrected chi connectivity index (χ1v) is 6.22. The van der Waals surface area contributed by atoms with Crippen molar-refractivity contribution in [1.29, 1.82) is 0 Å². The Bertz CT molecular complexity index is 722. The molecule has 6 heteroatoms. The molecule has 3 nitrogen and oxygen atoms in total. The highest BCUT2D eigenvalue weighted by atomic mass is 35.5. The molecule has 0 aliphatic heterocycles. The zero-order valence-corrected chi connectivity index (χ0v) is 11.5. The van der Waals surface area contributed by atoms with Crippen molar-refractivity contribution in [3.8, 4) is 0 Å². The van der Waals surface area contributed by atoms with E-state index in [0.29, 0.717) is 10.8 Å².